The first-order valence-corrected chi connectivity index (χ1v) is 10.4. The molecule has 0 aliphatic heterocycles. The van der Waals surface area contributed by atoms with E-state index < -0.39 is 12.6 Å². The molecule has 6 nitrogen and oxygen atoms in total. The van der Waals surface area contributed by atoms with Gasteiger partial charge in [-0.05, 0) is 106 Å². The average molecular weight is 599 g/mol. The minimum Gasteiger partial charge on any atom is -0.480 e. The van der Waals surface area contributed by atoms with Crippen LogP contribution in [0.25, 0.3) is 22.7 Å². The molecule has 2 aromatic carbocycles. The van der Waals surface area contributed by atoms with Crippen LogP contribution >= 0.6 is 45.2 Å². The molecule has 8 heteroatoms. The van der Waals surface area contributed by atoms with Crippen molar-refractivity contribution in [3.8, 4) is 11.8 Å². The molecule has 3 aromatic rings. The number of carbonyl (C=O) groups is 1. The Balaban J connectivity index is 1.99. The second kappa shape index (κ2) is 8.48. The SMILES string of the molecule is Cc1cc2nc(/C(C#N)=C\c3cc(I)c(OCC(=O)O)c(I)c3)[nH]c2cc1C. The Bertz CT molecular complexity index is 1100. The number of hydrogen-bond donors (Lipinski definition) is 2. The van der Waals surface area contributed by atoms with Crippen molar-refractivity contribution >= 4 is 73.8 Å². The topological polar surface area (TPSA) is 99.0 Å². The summed E-state index contributed by atoms with van der Waals surface area (Å²) in [5.41, 5.74) is 5.24. The van der Waals surface area contributed by atoms with Gasteiger partial charge in [-0.1, -0.05) is 0 Å². The molecule has 142 valence electrons. The molecule has 0 saturated carbocycles. The zero-order chi connectivity index (χ0) is 20.4. The Morgan fingerprint density at radius 1 is 1.25 bits per heavy atom. The Kier molecular flexibility index (Phi) is 6.24. The molecule has 0 bridgehead atoms. The number of fused-ring (bicyclic) bond motifs is 1. The second-order valence-corrected chi connectivity index (χ2v) is 8.53. The lowest BCUT2D eigenvalue weighted by molar-refractivity contribution is -0.139. The number of ether oxygens (including phenoxy) is 1. The van der Waals surface area contributed by atoms with E-state index in [1.54, 1.807) is 6.08 Å². The third-order valence-corrected chi connectivity index (χ3v) is 5.75. The molecule has 2 N–H and O–H groups in total. The van der Waals surface area contributed by atoms with E-state index in [0.717, 1.165) is 34.9 Å². The van der Waals surface area contributed by atoms with Crippen LogP contribution in [-0.4, -0.2) is 27.7 Å². The van der Waals surface area contributed by atoms with E-state index in [4.69, 9.17) is 9.84 Å². The van der Waals surface area contributed by atoms with E-state index in [0.29, 0.717) is 17.1 Å². The third-order valence-electron chi connectivity index (χ3n) is 4.14. The zero-order valence-corrected chi connectivity index (χ0v) is 19.3. The number of allylic oxidation sites excluding steroid dienone is 1. The number of aryl methyl sites for hydroxylation is 2. The fraction of sp³-hybridized carbons (Fsp3) is 0.150. The maximum Gasteiger partial charge on any atom is 0.341 e. The summed E-state index contributed by atoms with van der Waals surface area (Å²) in [5, 5.41) is 18.4. The van der Waals surface area contributed by atoms with Gasteiger partial charge in [-0.15, -0.1) is 0 Å². The number of nitrogens with zero attached hydrogens (tertiary/aromatic N) is 2. The number of aromatic nitrogens is 2. The highest BCUT2D eigenvalue weighted by molar-refractivity contribution is 14.1. The van der Waals surface area contributed by atoms with Gasteiger partial charge < -0.3 is 14.8 Å². The van der Waals surface area contributed by atoms with Crippen molar-refractivity contribution in [2.75, 3.05) is 6.61 Å². The van der Waals surface area contributed by atoms with Crippen molar-refractivity contribution in [3.63, 3.8) is 0 Å². The molecule has 1 heterocycles. The first-order chi connectivity index (χ1) is 13.3. The Morgan fingerprint density at radius 3 is 2.50 bits per heavy atom. The van der Waals surface area contributed by atoms with Crippen LogP contribution < -0.4 is 4.74 Å². The number of nitriles is 1. The monoisotopic (exact) mass is 599 g/mol. The summed E-state index contributed by atoms with van der Waals surface area (Å²) in [4.78, 5) is 18.5. The van der Waals surface area contributed by atoms with E-state index in [1.165, 1.54) is 0 Å². The summed E-state index contributed by atoms with van der Waals surface area (Å²) >= 11 is 4.18. The molecule has 3 rings (SSSR count). The largest absolute Gasteiger partial charge is 0.480 e. The number of carboxylic acids is 1. The van der Waals surface area contributed by atoms with Crippen LogP contribution in [0.3, 0.4) is 0 Å². The maximum absolute atomic E-state index is 10.7. The number of H-pyrrole nitrogens is 1. The minimum atomic E-state index is -1.03. The maximum atomic E-state index is 10.7. The van der Waals surface area contributed by atoms with Crippen molar-refractivity contribution in [2.24, 2.45) is 0 Å². The Labute approximate surface area is 188 Å². The predicted octanol–water partition coefficient (Wildman–Crippen LogP) is 4.92. The molecular weight excluding hydrogens is 584 g/mol. The van der Waals surface area contributed by atoms with Gasteiger partial charge >= 0.3 is 5.97 Å². The van der Waals surface area contributed by atoms with Crippen LogP contribution in [0.5, 0.6) is 5.75 Å². The summed E-state index contributed by atoms with van der Waals surface area (Å²) in [6, 6.07) is 9.91. The van der Waals surface area contributed by atoms with Crippen molar-refractivity contribution < 1.29 is 14.6 Å². The number of nitrogens with one attached hydrogen (secondary N) is 1. The van der Waals surface area contributed by atoms with E-state index in [1.807, 2.05) is 38.1 Å². The predicted molar refractivity (Wildman–Crippen MR) is 124 cm³/mol. The molecule has 0 fully saturated rings. The molecule has 0 radical (unpaired) electrons. The Hall–Kier alpha value is -2.13. The van der Waals surface area contributed by atoms with E-state index >= 15 is 0 Å². The number of rotatable bonds is 5. The van der Waals surface area contributed by atoms with Gasteiger partial charge in [0.15, 0.2) is 6.61 Å². The summed E-state index contributed by atoms with van der Waals surface area (Å²) in [6.45, 7) is 3.67. The molecule has 28 heavy (non-hydrogen) atoms. The standard InChI is InChI=1S/C20H15I2N3O3/c1-10-3-16-17(4-11(10)2)25-20(24-16)13(8-23)5-12-6-14(21)19(15(22)7-12)28-9-18(26)27/h3-7H,9H2,1-2H3,(H,24,25)(H,26,27)/b13-5-. The van der Waals surface area contributed by atoms with Crippen molar-refractivity contribution in [1.29, 1.82) is 5.26 Å². The molecule has 0 spiro atoms. The van der Waals surface area contributed by atoms with E-state index in [-0.39, 0.29) is 0 Å². The van der Waals surface area contributed by atoms with Crippen LogP contribution in [0.2, 0.25) is 0 Å². The van der Waals surface area contributed by atoms with Crippen LogP contribution in [0.1, 0.15) is 22.5 Å². The number of halogens is 2. The van der Waals surface area contributed by atoms with Crippen LogP contribution in [0, 0.1) is 32.3 Å². The summed E-state index contributed by atoms with van der Waals surface area (Å²) < 4.78 is 6.88. The third kappa shape index (κ3) is 4.47. The fourth-order valence-corrected chi connectivity index (χ4v) is 4.78. The summed E-state index contributed by atoms with van der Waals surface area (Å²) in [7, 11) is 0. The van der Waals surface area contributed by atoms with E-state index in [9.17, 15) is 10.1 Å². The number of benzene rings is 2. The van der Waals surface area contributed by atoms with Gasteiger partial charge in [0.05, 0.1) is 23.7 Å². The number of hydrogen-bond acceptors (Lipinski definition) is 4. The number of aromatic amines is 1. The summed E-state index contributed by atoms with van der Waals surface area (Å²) in [5.74, 6) is 0.00497. The van der Waals surface area contributed by atoms with Crippen molar-refractivity contribution in [3.05, 3.63) is 53.9 Å². The molecule has 1 aromatic heterocycles. The zero-order valence-electron chi connectivity index (χ0n) is 15.0. The quantitative estimate of drug-likeness (QED) is 0.321. The lowest BCUT2D eigenvalue weighted by Crippen LogP contribution is -2.11. The molecular formula is C20H15I2N3O3. The van der Waals surface area contributed by atoms with Gasteiger partial charge in [-0.3, -0.25) is 0 Å². The minimum absolute atomic E-state index is 0.400. The summed E-state index contributed by atoms with van der Waals surface area (Å²) in [6.07, 6.45) is 1.75. The van der Waals surface area contributed by atoms with Crippen molar-refractivity contribution in [1.82, 2.24) is 9.97 Å². The first-order valence-electron chi connectivity index (χ1n) is 8.21. The first kappa shape index (κ1) is 20.6. The van der Waals surface area contributed by atoms with Gasteiger partial charge in [0.25, 0.3) is 0 Å². The van der Waals surface area contributed by atoms with Crippen LogP contribution in [0.4, 0.5) is 0 Å². The highest BCUT2D eigenvalue weighted by Crippen LogP contribution is 2.30. The molecule has 0 saturated heterocycles. The van der Waals surface area contributed by atoms with Crippen molar-refractivity contribution in [2.45, 2.75) is 13.8 Å². The normalized spacial score (nSPS) is 11.5. The van der Waals surface area contributed by atoms with Crippen LogP contribution in [0.15, 0.2) is 24.3 Å². The van der Waals surface area contributed by atoms with Gasteiger partial charge in [-0.25, -0.2) is 9.78 Å². The number of aliphatic carboxylic acids is 1. The molecule has 0 unspecified atom stereocenters. The molecule has 0 aliphatic rings. The van der Waals surface area contributed by atoms with Gasteiger partial charge in [-0.2, -0.15) is 5.26 Å². The van der Waals surface area contributed by atoms with Gasteiger partial charge in [0, 0.05) is 0 Å². The smallest absolute Gasteiger partial charge is 0.341 e. The molecule has 0 atom stereocenters. The second-order valence-electron chi connectivity index (χ2n) is 6.20. The highest BCUT2D eigenvalue weighted by Gasteiger charge is 2.13. The lowest BCUT2D eigenvalue weighted by Gasteiger charge is -2.09. The fourth-order valence-electron chi connectivity index (χ4n) is 2.65. The number of carboxylic acid groups (broad SMARTS) is 1. The van der Waals surface area contributed by atoms with Crippen LogP contribution in [-0.2, 0) is 4.79 Å². The van der Waals surface area contributed by atoms with Gasteiger partial charge in [0.2, 0.25) is 0 Å². The van der Waals surface area contributed by atoms with E-state index in [2.05, 4.69) is 61.2 Å². The molecule has 0 aliphatic carbocycles. The molecule has 0 amide bonds. The lowest BCUT2D eigenvalue weighted by atomic mass is 10.1. The Morgan fingerprint density at radius 2 is 1.89 bits per heavy atom. The van der Waals surface area contributed by atoms with Gasteiger partial charge in [0.1, 0.15) is 17.6 Å². The number of imidazole rings is 1. The average Bonchev–Trinajstić information content (AvgIpc) is 3.01. The highest BCUT2D eigenvalue weighted by atomic mass is 127.